The first-order valence-electron chi connectivity index (χ1n) is 8.16. The van der Waals surface area contributed by atoms with E-state index in [0.717, 1.165) is 17.5 Å². The van der Waals surface area contributed by atoms with Crippen LogP contribution in [0.5, 0.6) is 0 Å². The number of anilines is 2. The molecule has 0 saturated carbocycles. The number of rotatable bonds is 10. The Hall–Kier alpha value is -2.57. The predicted octanol–water partition coefficient (Wildman–Crippen LogP) is -1.18. The van der Waals surface area contributed by atoms with Crippen molar-refractivity contribution in [3.8, 4) is 0 Å². The Bertz CT molecular complexity index is 722. The van der Waals surface area contributed by atoms with Crippen LogP contribution in [-0.4, -0.2) is 73.0 Å². The molecule has 0 aliphatic heterocycles. The summed E-state index contributed by atoms with van der Waals surface area (Å²) < 4.78 is 5.30. The lowest BCUT2D eigenvalue weighted by Crippen LogP contribution is -2.46. The Morgan fingerprint density at radius 1 is 1.11 bits per heavy atom. The quantitative estimate of drug-likeness (QED) is 0.196. The lowest BCUT2D eigenvalue weighted by Gasteiger charge is -2.23. The first kappa shape index (κ1) is 20.7. The van der Waals surface area contributed by atoms with Crippen LogP contribution in [0.25, 0.3) is 0 Å². The standard InChI is InChI=1S/C16H23N5O6/c1-9-2-4-10(5-3-9)17-7-13-19-21-16(27-13)20-18-6-11(23)14(25)15(26)12(24)8-22/h2-6,11-12,14-15,17,22-26H,7-8H2,1H3,(H,20,21)/b18-6-/t11-,12-,14-,15-/m1/s1. The average molecular weight is 381 g/mol. The zero-order valence-corrected chi connectivity index (χ0v) is 14.6. The van der Waals surface area contributed by atoms with Gasteiger partial charge in [-0.3, -0.25) is 0 Å². The van der Waals surface area contributed by atoms with E-state index in [1.54, 1.807) is 0 Å². The van der Waals surface area contributed by atoms with Crippen LogP contribution in [0.2, 0.25) is 0 Å². The fourth-order valence-electron chi connectivity index (χ4n) is 2.01. The van der Waals surface area contributed by atoms with Gasteiger partial charge in [-0.15, -0.1) is 5.10 Å². The third-order valence-corrected chi connectivity index (χ3v) is 3.63. The van der Waals surface area contributed by atoms with E-state index >= 15 is 0 Å². The molecule has 0 fully saturated rings. The molecule has 0 aliphatic carbocycles. The van der Waals surface area contributed by atoms with Gasteiger partial charge >= 0.3 is 6.01 Å². The van der Waals surface area contributed by atoms with E-state index in [1.165, 1.54) is 0 Å². The molecule has 0 radical (unpaired) electrons. The molecule has 0 unspecified atom stereocenters. The van der Waals surface area contributed by atoms with E-state index in [-0.39, 0.29) is 6.01 Å². The van der Waals surface area contributed by atoms with Gasteiger partial charge in [0.25, 0.3) is 0 Å². The van der Waals surface area contributed by atoms with Crippen molar-refractivity contribution in [1.29, 1.82) is 0 Å². The summed E-state index contributed by atoms with van der Waals surface area (Å²) in [7, 11) is 0. The second kappa shape index (κ2) is 9.94. The fraction of sp³-hybridized carbons (Fsp3) is 0.438. The van der Waals surface area contributed by atoms with Gasteiger partial charge in [0, 0.05) is 5.69 Å². The van der Waals surface area contributed by atoms with E-state index in [2.05, 4.69) is 26.0 Å². The van der Waals surface area contributed by atoms with Gasteiger partial charge in [0.15, 0.2) is 0 Å². The van der Waals surface area contributed by atoms with Crippen LogP contribution in [0.1, 0.15) is 11.5 Å². The van der Waals surface area contributed by atoms with Crippen molar-refractivity contribution in [1.82, 2.24) is 10.2 Å². The molecule has 1 aromatic carbocycles. The molecule has 0 aliphatic rings. The number of benzene rings is 1. The maximum absolute atomic E-state index is 9.68. The number of aliphatic hydroxyl groups excluding tert-OH is 5. The summed E-state index contributed by atoms with van der Waals surface area (Å²) in [6, 6.07) is 7.74. The SMILES string of the molecule is Cc1ccc(NCc2nnc(N/N=C\[C@@H](O)[C@@H](O)[C@H](O)[C@H](O)CO)o2)cc1. The Morgan fingerprint density at radius 3 is 2.48 bits per heavy atom. The van der Waals surface area contributed by atoms with Crippen LogP contribution in [0.3, 0.4) is 0 Å². The van der Waals surface area contributed by atoms with Gasteiger partial charge in [0.05, 0.1) is 19.4 Å². The minimum Gasteiger partial charge on any atom is -0.405 e. The number of aliphatic hydroxyl groups is 5. The largest absolute Gasteiger partial charge is 0.405 e. The number of aryl methyl sites for hydroxylation is 1. The molecule has 11 heteroatoms. The van der Waals surface area contributed by atoms with Gasteiger partial charge in [-0.1, -0.05) is 22.8 Å². The monoisotopic (exact) mass is 381 g/mol. The highest BCUT2D eigenvalue weighted by Gasteiger charge is 2.29. The molecule has 7 N–H and O–H groups in total. The Morgan fingerprint density at radius 2 is 1.81 bits per heavy atom. The van der Waals surface area contributed by atoms with Crippen LogP contribution in [0.15, 0.2) is 33.8 Å². The molecular weight excluding hydrogens is 358 g/mol. The second-order valence-corrected chi connectivity index (χ2v) is 5.83. The van der Waals surface area contributed by atoms with Crippen LogP contribution >= 0.6 is 0 Å². The molecule has 1 aromatic heterocycles. The van der Waals surface area contributed by atoms with Gasteiger partial charge in [-0.2, -0.15) is 5.10 Å². The van der Waals surface area contributed by atoms with Crippen LogP contribution in [-0.2, 0) is 6.54 Å². The summed E-state index contributed by atoms with van der Waals surface area (Å²) >= 11 is 0. The van der Waals surface area contributed by atoms with Crippen molar-refractivity contribution in [2.75, 3.05) is 17.3 Å². The minimum atomic E-state index is -1.74. The predicted molar refractivity (Wildman–Crippen MR) is 96.0 cm³/mol. The van der Waals surface area contributed by atoms with E-state index in [4.69, 9.17) is 9.52 Å². The molecule has 0 bridgehead atoms. The summed E-state index contributed by atoms with van der Waals surface area (Å²) in [5.41, 5.74) is 4.42. The highest BCUT2D eigenvalue weighted by Crippen LogP contribution is 2.11. The summed E-state index contributed by atoms with van der Waals surface area (Å²) in [5, 5.41) is 61.0. The smallest absolute Gasteiger partial charge is 0.336 e. The normalized spacial score (nSPS) is 16.1. The maximum Gasteiger partial charge on any atom is 0.336 e. The Balaban J connectivity index is 1.81. The highest BCUT2D eigenvalue weighted by atomic mass is 16.4. The molecular formula is C16H23N5O6. The number of hydrazone groups is 1. The van der Waals surface area contributed by atoms with Gasteiger partial charge < -0.3 is 35.3 Å². The van der Waals surface area contributed by atoms with Crippen LogP contribution < -0.4 is 10.7 Å². The van der Waals surface area contributed by atoms with E-state index in [0.29, 0.717) is 12.4 Å². The summed E-state index contributed by atoms with van der Waals surface area (Å²) in [6.45, 7) is 1.53. The van der Waals surface area contributed by atoms with E-state index in [9.17, 15) is 20.4 Å². The van der Waals surface area contributed by atoms with Gasteiger partial charge in [0.1, 0.15) is 24.4 Å². The third kappa shape index (κ3) is 6.27. The van der Waals surface area contributed by atoms with Crippen LogP contribution in [0, 0.1) is 6.92 Å². The second-order valence-electron chi connectivity index (χ2n) is 5.83. The topological polar surface area (TPSA) is 176 Å². The van der Waals surface area contributed by atoms with Crippen molar-refractivity contribution >= 4 is 17.9 Å². The summed E-state index contributed by atoms with van der Waals surface area (Å²) in [5.74, 6) is 0.301. The number of hydrogen-bond donors (Lipinski definition) is 7. The molecule has 11 nitrogen and oxygen atoms in total. The first-order valence-corrected chi connectivity index (χ1v) is 8.16. The maximum atomic E-state index is 9.68. The molecule has 4 atom stereocenters. The van der Waals surface area contributed by atoms with Crippen molar-refractivity contribution in [3.05, 3.63) is 35.7 Å². The molecule has 27 heavy (non-hydrogen) atoms. The highest BCUT2D eigenvalue weighted by molar-refractivity contribution is 5.64. The average Bonchev–Trinajstić information content (AvgIpc) is 3.13. The number of aromatic nitrogens is 2. The molecule has 2 aromatic rings. The first-order chi connectivity index (χ1) is 12.9. The van der Waals surface area contributed by atoms with Crippen LogP contribution in [0.4, 0.5) is 11.7 Å². The Kier molecular flexibility index (Phi) is 7.64. The summed E-state index contributed by atoms with van der Waals surface area (Å²) in [6.07, 6.45) is -5.78. The van der Waals surface area contributed by atoms with Crippen molar-refractivity contribution in [3.63, 3.8) is 0 Å². The molecule has 1 heterocycles. The zero-order valence-electron chi connectivity index (χ0n) is 14.6. The number of hydrogen-bond acceptors (Lipinski definition) is 11. The third-order valence-electron chi connectivity index (χ3n) is 3.63. The van der Waals surface area contributed by atoms with E-state index in [1.807, 2.05) is 31.2 Å². The van der Waals surface area contributed by atoms with Gasteiger partial charge in [0.2, 0.25) is 5.89 Å². The molecule has 2 rings (SSSR count). The lowest BCUT2D eigenvalue weighted by atomic mass is 10.0. The van der Waals surface area contributed by atoms with Gasteiger partial charge in [-0.05, 0) is 19.1 Å². The fourth-order valence-corrected chi connectivity index (χ4v) is 2.01. The Labute approximate surface area is 155 Å². The zero-order chi connectivity index (χ0) is 19.8. The van der Waals surface area contributed by atoms with Crippen molar-refractivity contribution < 1.29 is 29.9 Å². The number of nitrogens with zero attached hydrogens (tertiary/aromatic N) is 3. The molecule has 0 spiro atoms. The number of nitrogens with one attached hydrogen (secondary N) is 2. The minimum absolute atomic E-state index is 0.0374. The molecule has 0 saturated heterocycles. The lowest BCUT2D eigenvalue weighted by molar-refractivity contribution is -0.0999. The summed E-state index contributed by atoms with van der Waals surface area (Å²) in [4.78, 5) is 0. The molecule has 148 valence electrons. The van der Waals surface area contributed by atoms with Crippen molar-refractivity contribution in [2.24, 2.45) is 5.10 Å². The van der Waals surface area contributed by atoms with Gasteiger partial charge in [-0.25, -0.2) is 5.43 Å². The molecule has 0 amide bonds. The van der Waals surface area contributed by atoms with Crippen molar-refractivity contribution in [2.45, 2.75) is 37.9 Å². The van der Waals surface area contributed by atoms with E-state index < -0.39 is 31.0 Å².